The maximum Gasteiger partial charge on any atom is 0.0218 e. The van der Waals surface area contributed by atoms with Crippen LogP contribution in [0.2, 0.25) is 0 Å². The Bertz CT molecular complexity index is 188. The number of hydrogen-bond donors (Lipinski definition) is 1. The number of nitrogens with two attached hydrogens (primary N) is 1. The molecule has 0 amide bonds. The second-order valence-electron chi connectivity index (χ2n) is 6.53. The van der Waals surface area contributed by atoms with Gasteiger partial charge in [-0.1, -0.05) is 39.5 Å². The van der Waals surface area contributed by atoms with Gasteiger partial charge in [0.2, 0.25) is 0 Å². The van der Waals surface area contributed by atoms with Crippen LogP contribution in [0.25, 0.3) is 0 Å². The highest BCUT2D eigenvalue weighted by molar-refractivity contribution is 4.77. The number of unbranched alkanes of at least 4 members (excludes halogenated alkanes) is 3. The largest absolute Gasteiger partial charge is 0.327 e. The molecule has 0 aliphatic rings. The molecule has 0 fully saturated rings. The number of hydrogen-bond acceptors (Lipinski definition) is 2. The van der Waals surface area contributed by atoms with Crippen LogP contribution >= 0.6 is 0 Å². The van der Waals surface area contributed by atoms with Crippen LogP contribution in [-0.2, 0) is 0 Å². The first-order chi connectivity index (χ1) is 8.36. The molecule has 0 saturated carbocycles. The zero-order valence-corrected chi connectivity index (χ0v) is 13.6. The lowest BCUT2D eigenvalue weighted by Gasteiger charge is -2.35. The zero-order chi connectivity index (χ0) is 14.1. The van der Waals surface area contributed by atoms with Gasteiger partial charge in [-0.25, -0.2) is 0 Å². The molecule has 2 heteroatoms. The van der Waals surface area contributed by atoms with Crippen LogP contribution in [0.1, 0.15) is 73.6 Å². The summed E-state index contributed by atoms with van der Waals surface area (Å²) in [5, 5.41) is 0. The van der Waals surface area contributed by atoms with Gasteiger partial charge in [0.25, 0.3) is 0 Å². The average molecular weight is 256 g/mol. The van der Waals surface area contributed by atoms with Crippen LogP contribution in [-0.4, -0.2) is 29.6 Å². The summed E-state index contributed by atoms with van der Waals surface area (Å²) in [6.45, 7) is 14.7. The number of nitrogens with zero attached hydrogens (tertiary/aromatic N) is 1. The molecule has 0 aromatic rings. The monoisotopic (exact) mass is 256 g/mol. The van der Waals surface area contributed by atoms with Crippen LogP contribution in [0.15, 0.2) is 0 Å². The van der Waals surface area contributed by atoms with E-state index in [1.54, 1.807) is 0 Å². The molecule has 0 aromatic heterocycles. The van der Waals surface area contributed by atoms with Gasteiger partial charge < -0.3 is 5.73 Å². The van der Waals surface area contributed by atoms with Crippen molar-refractivity contribution >= 4 is 0 Å². The molecule has 0 rings (SSSR count). The second-order valence-corrected chi connectivity index (χ2v) is 6.53. The van der Waals surface area contributed by atoms with Crippen molar-refractivity contribution in [2.24, 2.45) is 11.7 Å². The fourth-order valence-corrected chi connectivity index (χ4v) is 2.43. The molecule has 110 valence electrons. The van der Waals surface area contributed by atoms with E-state index in [-0.39, 0.29) is 6.04 Å². The predicted octanol–water partition coefficient (Wildman–Crippen LogP) is 4.04. The van der Waals surface area contributed by atoms with Crippen LogP contribution in [0.5, 0.6) is 0 Å². The maximum atomic E-state index is 6.02. The molecule has 0 heterocycles. The third-order valence-electron chi connectivity index (χ3n) is 3.90. The van der Waals surface area contributed by atoms with E-state index in [9.17, 15) is 0 Å². The minimum atomic E-state index is 0.258. The minimum absolute atomic E-state index is 0.258. The fourth-order valence-electron chi connectivity index (χ4n) is 2.43. The van der Waals surface area contributed by atoms with Crippen molar-refractivity contribution < 1.29 is 0 Å². The highest BCUT2D eigenvalue weighted by atomic mass is 15.2. The van der Waals surface area contributed by atoms with Gasteiger partial charge >= 0.3 is 0 Å². The Morgan fingerprint density at radius 3 is 1.83 bits per heavy atom. The Hall–Kier alpha value is -0.0800. The molecule has 0 spiro atoms. The zero-order valence-electron chi connectivity index (χ0n) is 13.6. The van der Waals surface area contributed by atoms with Crippen molar-refractivity contribution in [2.45, 2.75) is 91.8 Å². The predicted molar refractivity (Wildman–Crippen MR) is 82.9 cm³/mol. The number of rotatable bonds is 10. The van der Waals surface area contributed by atoms with Gasteiger partial charge in [0.15, 0.2) is 0 Å². The Morgan fingerprint density at radius 2 is 1.39 bits per heavy atom. The van der Waals surface area contributed by atoms with Gasteiger partial charge in [0.1, 0.15) is 0 Å². The lowest BCUT2D eigenvalue weighted by Crippen LogP contribution is -2.48. The minimum Gasteiger partial charge on any atom is -0.327 e. The summed E-state index contributed by atoms with van der Waals surface area (Å²) >= 11 is 0. The smallest absolute Gasteiger partial charge is 0.0218 e. The van der Waals surface area contributed by atoms with Gasteiger partial charge in [0, 0.05) is 18.1 Å². The third kappa shape index (κ3) is 8.10. The van der Waals surface area contributed by atoms with Crippen LogP contribution in [0, 0.1) is 5.92 Å². The Balaban J connectivity index is 3.78. The summed E-state index contributed by atoms with van der Waals surface area (Å²) in [5.41, 5.74) is 6.02. The summed E-state index contributed by atoms with van der Waals surface area (Å²) in [6, 6.07) is 1.34. The van der Waals surface area contributed by atoms with E-state index in [2.05, 4.69) is 46.4 Å². The molecule has 0 radical (unpaired) electrons. The third-order valence-corrected chi connectivity index (χ3v) is 3.90. The molecule has 0 aliphatic heterocycles. The molecule has 2 N–H and O–H groups in total. The van der Waals surface area contributed by atoms with Crippen LogP contribution < -0.4 is 5.73 Å². The first kappa shape index (κ1) is 17.9. The Kier molecular flexibility index (Phi) is 9.76. The van der Waals surface area contributed by atoms with Gasteiger partial charge in [-0.2, -0.15) is 0 Å². The van der Waals surface area contributed by atoms with Gasteiger partial charge in [-0.05, 0) is 46.6 Å². The second kappa shape index (κ2) is 9.80. The fraction of sp³-hybridized carbons (Fsp3) is 1.00. The summed E-state index contributed by atoms with van der Waals surface area (Å²) in [7, 11) is 0. The summed E-state index contributed by atoms with van der Waals surface area (Å²) in [5.74, 6) is 0.857. The topological polar surface area (TPSA) is 29.3 Å². The van der Waals surface area contributed by atoms with E-state index in [0.29, 0.717) is 12.1 Å². The van der Waals surface area contributed by atoms with E-state index < -0.39 is 0 Å². The molecular weight excluding hydrogens is 220 g/mol. The first-order valence-electron chi connectivity index (χ1n) is 7.87. The molecule has 0 saturated heterocycles. The SMILES string of the molecule is CC(C)CCCCCCN(C(C)C)C(C)C(C)N. The van der Waals surface area contributed by atoms with E-state index in [1.807, 2.05) is 0 Å². The first-order valence-corrected chi connectivity index (χ1v) is 7.87. The lowest BCUT2D eigenvalue weighted by molar-refractivity contribution is 0.144. The highest BCUT2D eigenvalue weighted by Gasteiger charge is 2.19. The van der Waals surface area contributed by atoms with Crippen molar-refractivity contribution in [3.8, 4) is 0 Å². The van der Waals surface area contributed by atoms with E-state index in [1.165, 1.54) is 38.6 Å². The summed E-state index contributed by atoms with van der Waals surface area (Å²) in [6.07, 6.45) is 6.83. The van der Waals surface area contributed by atoms with Crippen LogP contribution in [0.3, 0.4) is 0 Å². The lowest BCUT2D eigenvalue weighted by atomic mass is 10.0. The molecule has 2 atom stereocenters. The Morgan fingerprint density at radius 1 is 0.833 bits per heavy atom. The average Bonchev–Trinajstić information content (AvgIpc) is 2.26. The van der Waals surface area contributed by atoms with Crippen molar-refractivity contribution in [1.82, 2.24) is 4.90 Å². The van der Waals surface area contributed by atoms with Crippen molar-refractivity contribution in [2.75, 3.05) is 6.54 Å². The van der Waals surface area contributed by atoms with Crippen molar-refractivity contribution in [3.05, 3.63) is 0 Å². The molecule has 2 unspecified atom stereocenters. The van der Waals surface area contributed by atoms with E-state index >= 15 is 0 Å². The highest BCUT2D eigenvalue weighted by Crippen LogP contribution is 2.13. The quantitative estimate of drug-likeness (QED) is 0.598. The maximum absolute atomic E-state index is 6.02. The molecular formula is C16H36N2. The summed E-state index contributed by atoms with van der Waals surface area (Å²) in [4.78, 5) is 2.55. The standard InChI is InChI=1S/C16H36N2/c1-13(2)11-9-7-8-10-12-18(14(3)4)16(6)15(5)17/h13-16H,7-12,17H2,1-6H3. The van der Waals surface area contributed by atoms with E-state index in [0.717, 1.165) is 5.92 Å². The van der Waals surface area contributed by atoms with Crippen LogP contribution in [0.4, 0.5) is 0 Å². The molecule has 0 aliphatic carbocycles. The van der Waals surface area contributed by atoms with Gasteiger partial charge in [-0.15, -0.1) is 0 Å². The molecule has 18 heavy (non-hydrogen) atoms. The molecule has 0 bridgehead atoms. The normalized spacial score (nSPS) is 15.7. The molecule has 0 aromatic carbocycles. The van der Waals surface area contributed by atoms with Crippen molar-refractivity contribution in [1.29, 1.82) is 0 Å². The molecule has 2 nitrogen and oxygen atoms in total. The van der Waals surface area contributed by atoms with E-state index in [4.69, 9.17) is 5.73 Å². The van der Waals surface area contributed by atoms with Crippen molar-refractivity contribution in [3.63, 3.8) is 0 Å². The van der Waals surface area contributed by atoms with Gasteiger partial charge in [0.05, 0.1) is 0 Å². The summed E-state index contributed by atoms with van der Waals surface area (Å²) < 4.78 is 0. The Labute approximate surface area is 115 Å². The van der Waals surface area contributed by atoms with Gasteiger partial charge in [-0.3, -0.25) is 4.90 Å².